The molecular weight excluding hydrogens is 783 g/mol. The Hall–Kier alpha value is -8.74. The summed E-state index contributed by atoms with van der Waals surface area (Å²) in [6, 6.07) is 73.9. The number of pyridine rings is 1. The monoisotopic (exact) mass is 817 g/mol. The normalized spacial score (nSPS) is 11.8. The van der Waals surface area contributed by atoms with Gasteiger partial charge in [-0.1, -0.05) is 170 Å². The molecule has 0 saturated carbocycles. The minimum absolute atomic E-state index is 0.596. The van der Waals surface area contributed by atoms with E-state index in [-0.39, 0.29) is 0 Å². The fraction of sp³-hybridized carbons (Fsp3) is 0. The van der Waals surface area contributed by atoms with E-state index in [9.17, 15) is 0 Å². The molecule has 0 N–H and O–H groups in total. The van der Waals surface area contributed by atoms with Gasteiger partial charge in [0, 0.05) is 65.8 Å². The fourth-order valence-electron chi connectivity index (χ4n) is 9.40. The Kier molecular flexibility index (Phi) is 8.11. The van der Waals surface area contributed by atoms with E-state index in [4.69, 9.17) is 24.4 Å². The topological polar surface area (TPSA) is 69.6 Å². The van der Waals surface area contributed by atoms with Crippen LogP contribution in [-0.4, -0.2) is 24.5 Å². The molecule has 0 saturated heterocycles. The molecule has 0 radical (unpaired) electrons. The molecule has 0 atom stereocenters. The van der Waals surface area contributed by atoms with E-state index in [1.54, 1.807) is 0 Å². The van der Waals surface area contributed by atoms with Crippen LogP contribution >= 0.6 is 0 Å². The first-order valence-corrected chi connectivity index (χ1v) is 21.5. The average Bonchev–Trinajstić information content (AvgIpc) is 3.91. The van der Waals surface area contributed by atoms with Crippen LogP contribution in [0.15, 0.2) is 217 Å². The molecule has 0 spiro atoms. The molecule has 64 heavy (non-hydrogen) atoms. The van der Waals surface area contributed by atoms with Crippen molar-refractivity contribution < 1.29 is 4.42 Å². The van der Waals surface area contributed by atoms with Gasteiger partial charge in [0.25, 0.3) is 0 Å². The molecule has 0 fully saturated rings. The van der Waals surface area contributed by atoms with E-state index in [1.165, 1.54) is 5.39 Å². The number of fused-ring (bicyclic) bond motifs is 9. The molecule has 4 heterocycles. The predicted molar refractivity (Wildman–Crippen MR) is 261 cm³/mol. The smallest absolute Gasteiger partial charge is 0.164 e. The Balaban J connectivity index is 1.00. The fourth-order valence-corrected chi connectivity index (χ4v) is 9.40. The number of nitrogens with zero attached hydrogens (tertiary/aromatic N) is 5. The van der Waals surface area contributed by atoms with Crippen molar-refractivity contribution in [3.05, 3.63) is 212 Å². The van der Waals surface area contributed by atoms with Gasteiger partial charge < -0.3 is 8.98 Å². The van der Waals surface area contributed by atoms with Crippen molar-refractivity contribution in [2.24, 2.45) is 0 Å². The van der Waals surface area contributed by atoms with Gasteiger partial charge in [-0.25, -0.2) is 19.9 Å². The van der Waals surface area contributed by atoms with Crippen molar-refractivity contribution in [2.45, 2.75) is 0 Å². The lowest BCUT2D eigenvalue weighted by atomic mass is 9.98. The minimum Gasteiger partial charge on any atom is -0.455 e. The molecule has 0 aliphatic carbocycles. The first-order chi connectivity index (χ1) is 31.7. The molecular formula is C58H35N5O. The van der Waals surface area contributed by atoms with Crippen molar-refractivity contribution >= 4 is 65.4 Å². The van der Waals surface area contributed by atoms with Gasteiger partial charge in [-0.05, 0) is 53.4 Å². The second-order valence-corrected chi connectivity index (χ2v) is 16.2. The second kappa shape index (κ2) is 14.4. The van der Waals surface area contributed by atoms with Crippen LogP contribution in [0, 0.1) is 0 Å². The van der Waals surface area contributed by atoms with E-state index in [2.05, 4.69) is 174 Å². The van der Waals surface area contributed by atoms with Crippen molar-refractivity contribution in [3.63, 3.8) is 0 Å². The quantitative estimate of drug-likeness (QED) is 0.156. The predicted octanol–water partition coefficient (Wildman–Crippen LogP) is 14.9. The molecule has 9 aromatic carbocycles. The zero-order valence-electron chi connectivity index (χ0n) is 34.4. The maximum Gasteiger partial charge on any atom is 0.164 e. The van der Waals surface area contributed by atoms with Crippen molar-refractivity contribution in [1.29, 1.82) is 0 Å². The molecule has 6 nitrogen and oxygen atoms in total. The standard InChI is InChI=1S/C58H35N5O/c1-4-15-37(16-5-1)54-49-35-52-48(34-47(49)43-21-10-12-25-50(43)59-54)44-32-31-40(33-51(44)63(52)41-19-8-3-9-20-41)58-61-56(38-17-6-2-7-18-38)60-57(62-58)39-29-27-36(28-30-39)42-23-14-24-46-45-22-11-13-26-53(45)64-55(42)46/h1-35H. The second-order valence-electron chi connectivity index (χ2n) is 16.2. The van der Waals surface area contributed by atoms with Gasteiger partial charge >= 0.3 is 0 Å². The highest BCUT2D eigenvalue weighted by molar-refractivity contribution is 6.20. The summed E-state index contributed by atoms with van der Waals surface area (Å²) in [5.74, 6) is 1.80. The SMILES string of the molecule is c1ccc(-c2nc(-c3ccc(-c4cccc5c4oc4ccccc45)cc3)nc(-c3ccc4c5cc6c(cc5n(-c5ccccc5)c4c3)c(-c3ccccc3)nc3ccccc36)n2)cc1. The van der Waals surface area contributed by atoms with E-state index < -0.39 is 0 Å². The van der Waals surface area contributed by atoms with Crippen LogP contribution in [0.2, 0.25) is 0 Å². The molecule has 0 unspecified atom stereocenters. The molecule has 0 aliphatic heterocycles. The van der Waals surface area contributed by atoms with Gasteiger partial charge in [-0.15, -0.1) is 0 Å². The minimum atomic E-state index is 0.596. The Morgan fingerprint density at radius 1 is 0.328 bits per heavy atom. The van der Waals surface area contributed by atoms with E-state index in [0.29, 0.717) is 17.5 Å². The Bertz CT molecular complexity index is 3930. The Labute approximate surface area is 367 Å². The number of furan rings is 1. The van der Waals surface area contributed by atoms with Gasteiger partial charge in [0.05, 0.1) is 22.2 Å². The molecule has 13 aromatic rings. The van der Waals surface area contributed by atoms with Crippen molar-refractivity contribution in [3.8, 4) is 62.2 Å². The van der Waals surface area contributed by atoms with Crippen LogP contribution in [-0.2, 0) is 0 Å². The first kappa shape index (κ1) is 36.0. The molecule has 4 aromatic heterocycles. The summed E-state index contributed by atoms with van der Waals surface area (Å²) >= 11 is 0. The maximum atomic E-state index is 6.39. The number of para-hydroxylation sites is 4. The number of aromatic nitrogens is 5. The molecule has 13 rings (SSSR count). The van der Waals surface area contributed by atoms with E-state index >= 15 is 0 Å². The summed E-state index contributed by atoms with van der Waals surface area (Å²) in [5, 5.41) is 7.91. The zero-order valence-corrected chi connectivity index (χ0v) is 34.4. The first-order valence-electron chi connectivity index (χ1n) is 21.5. The summed E-state index contributed by atoms with van der Waals surface area (Å²) in [4.78, 5) is 20.7. The third kappa shape index (κ3) is 5.81. The third-order valence-electron chi connectivity index (χ3n) is 12.4. The highest BCUT2D eigenvalue weighted by atomic mass is 16.3. The van der Waals surface area contributed by atoms with Crippen LogP contribution in [0.25, 0.3) is 128 Å². The molecule has 0 bridgehead atoms. The lowest BCUT2D eigenvalue weighted by Crippen LogP contribution is -2.00. The van der Waals surface area contributed by atoms with Gasteiger partial charge in [-0.3, -0.25) is 0 Å². The number of rotatable bonds is 6. The third-order valence-corrected chi connectivity index (χ3v) is 12.4. The molecule has 6 heteroatoms. The summed E-state index contributed by atoms with van der Waals surface area (Å²) < 4.78 is 8.75. The van der Waals surface area contributed by atoms with Crippen LogP contribution in [0.5, 0.6) is 0 Å². The average molecular weight is 818 g/mol. The van der Waals surface area contributed by atoms with Crippen LogP contribution < -0.4 is 0 Å². The van der Waals surface area contributed by atoms with Gasteiger partial charge in [-0.2, -0.15) is 0 Å². The molecule has 0 aliphatic rings. The number of hydrogen-bond donors (Lipinski definition) is 0. The lowest BCUT2D eigenvalue weighted by Gasteiger charge is -2.12. The highest BCUT2D eigenvalue weighted by Gasteiger charge is 2.20. The number of hydrogen-bond acceptors (Lipinski definition) is 5. The summed E-state index contributed by atoms with van der Waals surface area (Å²) in [7, 11) is 0. The highest BCUT2D eigenvalue weighted by Crippen LogP contribution is 2.41. The largest absolute Gasteiger partial charge is 0.455 e. The van der Waals surface area contributed by atoms with Gasteiger partial charge in [0.2, 0.25) is 0 Å². The molecule has 0 amide bonds. The lowest BCUT2D eigenvalue weighted by molar-refractivity contribution is 0.670. The summed E-state index contributed by atoms with van der Waals surface area (Å²) in [6.45, 7) is 0. The van der Waals surface area contributed by atoms with Crippen LogP contribution in [0.1, 0.15) is 0 Å². The van der Waals surface area contributed by atoms with Gasteiger partial charge in [0.1, 0.15) is 11.2 Å². The van der Waals surface area contributed by atoms with E-state index in [1.807, 2.05) is 42.5 Å². The summed E-state index contributed by atoms with van der Waals surface area (Å²) in [5.41, 5.74) is 12.8. The Morgan fingerprint density at radius 3 is 1.67 bits per heavy atom. The van der Waals surface area contributed by atoms with Crippen LogP contribution in [0.4, 0.5) is 0 Å². The number of benzene rings is 9. The van der Waals surface area contributed by atoms with Crippen molar-refractivity contribution in [1.82, 2.24) is 24.5 Å². The Morgan fingerprint density at radius 2 is 0.906 bits per heavy atom. The maximum absolute atomic E-state index is 6.39. The van der Waals surface area contributed by atoms with E-state index in [0.717, 1.165) is 105 Å². The van der Waals surface area contributed by atoms with Crippen LogP contribution in [0.3, 0.4) is 0 Å². The zero-order chi connectivity index (χ0) is 42.1. The molecule has 298 valence electrons. The van der Waals surface area contributed by atoms with Gasteiger partial charge in [0.15, 0.2) is 17.5 Å². The summed E-state index contributed by atoms with van der Waals surface area (Å²) in [6.07, 6.45) is 0. The van der Waals surface area contributed by atoms with Crippen molar-refractivity contribution in [2.75, 3.05) is 0 Å².